The predicted molar refractivity (Wildman–Crippen MR) is 119 cm³/mol. The lowest BCUT2D eigenvalue weighted by Gasteiger charge is -2.18. The van der Waals surface area contributed by atoms with Crippen molar-refractivity contribution in [3.05, 3.63) is 54.0 Å². The Morgan fingerprint density at radius 2 is 2.00 bits per heavy atom. The van der Waals surface area contributed by atoms with Gasteiger partial charge >= 0.3 is 0 Å². The summed E-state index contributed by atoms with van der Waals surface area (Å²) in [5.74, 6) is -0.255. The van der Waals surface area contributed by atoms with Crippen LogP contribution in [0, 0.1) is 0 Å². The molecule has 0 saturated heterocycles. The van der Waals surface area contributed by atoms with E-state index in [1.165, 1.54) is 0 Å². The lowest BCUT2D eigenvalue weighted by atomic mass is 10.1. The smallest absolute Gasteiger partial charge is 0.276 e. The standard InChI is InChI=1S/C19H23IN4O2Si/c1-27(2,3)11-10-26-18(20)13-4-5-16-15(12-13)17(24-23-16)19(25)22-14-6-8-21-9-7-14/h4-9,12,18H,10-11H2,1-3H3,(H,23,24)(H,21,22,25). The normalized spacial score (nSPS) is 12.9. The number of carbonyl (C=O) groups excluding carboxylic acids is 1. The summed E-state index contributed by atoms with van der Waals surface area (Å²) in [4.78, 5) is 16.6. The van der Waals surface area contributed by atoms with Crippen LogP contribution in [0.1, 0.15) is 20.2 Å². The van der Waals surface area contributed by atoms with Gasteiger partial charge in [0.1, 0.15) is 4.11 Å². The zero-order valence-electron chi connectivity index (χ0n) is 15.6. The molecule has 2 heterocycles. The molecule has 0 saturated carbocycles. The van der Waals surface area contributed by atoms with Crippen molar-refractivity contribution in [3.8, 4) is 0 Å². The first kappa shape index (κ1) is 20.0. The van der Waals surface area contributed by atoms with Crippen LogP contribution in [0.2, 0.25) is 25.7 Å². The maximum absolute atomic E-state index is 12.6. The Hall–Kier alpha value is -1.78. The minimum atomic E-state index is -1.12. The van der Waals surface area contributed by atoms with Crippen LogP contribution >= 0.6 is 22.6 Å². The third-order valence-corrected chi connectivity index (χ3v) is 6.90. The molecule has 0 spiro atoms. The van der Waals surface area contributed by atoms with Crippen LogP contribution in [-0.2, 0) is 4.74 Å². The number of amides is 1. The molecule has 8 heteroatoms. The number of halogens is 1. The van der Waals surface area contributed by atoms with Gasteiger partial charge in [-0.25, -0.2) is 0 Å². The third kappa shape index (κ3) is 5.36. The highest BCUT2D eigenvalue weighted by Crippen LogP contribution is 2.29. The predicted octanol–water partition coefficient (Wildman–Crippen LogP) is 5.00. The van der Waals surface area contributed by atoms with Crippen LogP contribution in [-0.4, -0.2) is 35.8 Å². The van der Waals surface area contributed by atoms with Crippen molar-refractivity contribution in [2.45, 2.75) is 29.8 Å². The molecule has 142 valence electrons. The molecule has 0 aliphatic rings. The molecule has 0 fully saturated rings. The highest BCUT2D eigenvalue weighted by atomic mass is 127. The minimum Gasteiger partial charge on any atom is -0.363 e. The number of H-pyrrole nitrogens is 1. The van der Waals surface area contributed by atoms with E-state index < -0.39 is 8.07 Å². The number of hydrogen-bond donors (Lipinski definition) is 2. The third-order valence-electron chi connectivity index (χ3n) is 4.12. The fourth-order valence-corrected chi connectivity index (χ4v) is 3.91. The van der Waals surface area contributed by atoms with Crippen LogP contribution in [0.3, 0.4) is 0 Å². The van der Waals surface area contributed by atoms with Gasteiger partial charge in [0, 0.05) is 38.1 Å². The highest BCUT2D eigenvalue weighted by Gasteiger charge is 2.18. The van der Waals surface area contributed by atoms with Gasteiger partial charge in [0.25, 0.3) is 5.91 Å². The Kier molecular flexibility index (Phi) is 6.28. The van der Waals surface area contributed by atoms with Gasteiger partial charge in [0.2, 0.25) is 0 Å². The van der Waals surface area contributed by atoms with Crippen molar-refractivity contribution in [1.29, 1.82) is 0 Å². The number of benzene rings is 1. The lowest BCUT2D eigenvalue weighted by Crippen LogP contribution is -2.21. The molecular weight excluding hydrogens is 471 g/mol. The van der Waals surface area contributed by atoms with E-state index >= 15 is 0 Å². The summed E-state index contributed by atoms with van der Waals surface area (Å²) in [6.07, 6.45) is 3.27. The topological polar surface area (TPSA) is 79.9 Å². The summed E-state index contributed by atoms with van der Waals surface area (Å²) in [7, 11) is -1.12. The summed E-state index contributed by atoms with van der Waals surface area (Å²) in [5.41, 5.74) is 2.90. The van der Waals surface area contributed by atoms with E-state index in [2.05, 4.69) is 62.7 Å². The second kappa shape index (κ2) is 8.49. The maximum Gasteiger partial charge on any atom is 0.276 e. The second-order valence-corrected chi connectivity index (χ2v) is 14.3. The molecule has 1 unspecified atom stereocenters. The van der Waals surface area contributed by atoms with E-state index in [0.29, 0.717) is 11.4 Å². The van der Waals surface area contributed by atoms with Crippen molar-refractivity contribution < 1.29 is 9.53 Å². The van der Waals surface area contributed by atoms with E-state index in [1.807, 2.05) is 18.2 Å². The summed E-state index contributed by atoms with van der Waals surface area (Å²) in [5, 5.41) is 10.8. The van der Waals surface area contributed by atoms with Crippen molar-refractivity contribution in [2.24, 2.45) is 0 Å². The SMILES string of the molecule is C[Si](C)(C)CCOC(I)c1ccc2[nH]nc(C(=O)Nc3ccncc3)c2c1. The van der Waals surface area contributed by atoms with Gasteiger partial charge in [-0.1, -0.05) is 25.7 Å². The van der Waals surface area contributed by atoms with E-state index in [0.717, 1.165) is 29.1 Å². The van der Waals surface area contributed by atoms with Crippen LogP contribution in [0.5, 0.6) is 0 Å². The van der Waals surface area contributed by atoms with E-state index in [-0.39, 0.29) is 10.0 Å². The van der Waals surface area contributed by atoms with Gasteiger partial charge in [0.15, 0.2) is 5.69 Å². The van der Waals surface area contributed by atoms with E-state index in [9.17, 15) is 4.79 Å². The number of nitrogens with zero attached hydrogens (tertiary/aromatic N) is 2. The molecule has 2 N–H and O–H groups in total. The summed E-state index contributed by atoms with van der Waals surface area (Å²) < 4.78 is 5.95. The molecule has 3 aromatic rings. The number of ether oxygens (including phenoxy) is 1. The van der Waals surface area contributed by atoms with Gasteiger partial charge in [-0.05, 0) is 58.5 Å². The lowest BCUT2D eigenvalue weighted by molar-refractivity contribution is 0.102. The number of nitrogens with one attached hydrogen (secondary N) is 2. The van der Waals surface area contributed by atoms with Crippen LogP contribution in [0.25, 0.3) is 10.9 Å². The molecule has 0 radical (unpaired) electrons. The summed E-state index contributed by atoms with van der Waals surface area (Å²) in [6, 6.07) is 10.5. The number of anilines is 1. The van der Waals surface area contributed by atoms with Gasteiger partial charge in [-0.15, -0.1) is 0 Å². The summed E-state index contributed by atoms with van der Waals surface area (Å²) >= 11 is 2.29. The van der Waals surface area contributed by atoms with E-state index in [1.54, 1.807) is 24.5 Å². The number of aromatic nitrogens is 3. The number of carbonyl (C=O) groups is 1. The Labute approximate surface area is 173 Å². The Balaban J connectivity index is 1.76. The quantitative estimate of drug-likeness (QED) is 0.275. The van der Waals surface area contributed by atoms with Crippen molar-refractivity contribution in [1.82, 2.24) is 15.2 Å². The molecule has 0 aliphatic carbocycles. The van der Waals surface area contributed by atoms with Crippen LogP contribution in [0.15, 0.2) is 42.7 Å². The molecule has 3 rings (SSSR count). The van der Waals surface area contributed by atoms with Gasteiger partial charge < -0.3 is 10.1 Å². The molecule has 1 atom stereocenters. The minimum absolute atomic E-state index is 0.0608. The fraction of sp³-hybridized carbons (Fsp3) is 0.316. The van der Waals surface area contributed by atoms with Gasteiger partial charge in [-0.2, -0.15) is 5.10 Å². The molecule has 2 aromatic heterocycles. The zero-order chi connectivity index (χ0) is 19.4. The first-order valence-corrected chi connectivity index (χ1v) is 13.7. The monoisotopic (exact) mass is 494 g/mol. The van der Waals surface area contributed by atoms with Gasteiger partial charge in [-0.3, -0.25) is 14.9 Å². The average Bonchev–Trinajstić information content (AvgIpc) is 3.04. The molecular formula is C19H23IN4O2Si. The number of fused-ring (bicyclic) bond motifs is 1. The number of alkyl halides is 1. The molecule has 6 nitrogen and oxygen atoms in total. The maximum atomic E-state index is 12.6. The number of aromatic amines is 1. The van der Waals surface area contributed by atoms with Crippen molar-refractivity contribution in [3.63, 3.8) is 0 Å². The first-order chi connectivity index (χ1) is 12.8. The molecule has 1 aromatic carbocycles. The van der Waals surface area contributed by atoms with Crippen molar-refractivity contribution >= 4 is 53.2 Å². The second-order valence-electron chi connectivity index (χ2n) is 7.56. The fourth-order valence-electron chi connectivity index (χ4n) is 2.54. The first-order valence-electron chi connectivity index (χ1n) is 8.78. The van der Waals surface area contributed by atoms with Crippen molar-refractivity contribution in [2.75, 3.05) is 11.9 Å². The average molecular weight is 494 g/mol. The zero-order valence-corrected chi connectivity index (χ0v) is 18.8. The number of rotatable bonds is 7. The van der Waals surface area contributed by atoms with Gasteiger partial charge in [0.05, 0.1) is 5.52 Å². The molecule has 0 aliphatic heterocycles. The molecule has 27 heavy (non-hydrogen) atoms. The molecule has 0 bridgehead atoms. The van der Waals surface area contributed by atoms with E-state index in [4.69, 9.17) is 4.74 Å². The Bertz CT molecular complexity index is 924. The number of hydrogen-bond acceptors (Lipinski definition) is 4. The van der Waals surface area contributed by atoms with Crippen LogP contribution in [0.4, 0.5) is 5.69 Å². The van der Waals surface area contributed by atoms with Crippen LogP contribution < -0.4 is 5.32 Å². The largest absolute Gasteiger partial charge is 0.363 e. The highest BCUT2D eigenvalue weighted by molar-refractivity contribution is 14.1. The number of pyridine rings is 1. The Morgan fingerprint density at radius 3 is 2.70 bits per heavy atom. The molecule has 1 amide bonds. The Morgan fingerprint density at radius 1 is 1.26 bits per heavy atom. The summed E-state index contributed by atoms with van der Waals surface area (Å²) in [6.45, 7) is 7.76.